The van der Waals surface area contributed by atoms with Crippen molar-refractivity contribution in [1.29, 1.82) is 5.26 Å². The average molecular weight is 390 g/mol. The third-order valence-electron chi connectivity index (χ3n) is 5.03. The summed E-state index contributed by atoms with van der Waals surface area (Å²) in [6.45, 7) is 6.37. The fourth-order valence-electron chi connectivity index (χ4n) is 3.54. The number of ether oxygens (including phenoxy) is 1. The first-order chi connectivity index (χ1) is 13.8. The van der Waals surface area contributed by atoms with Crippen molar-refractivity contribution in [3.8, 4) is 22.9 Å². The van der Waals surface area contributed by atoms with Gasteiger partial charge in [-0.3, -0.25) is 0 Å². The third-order valence-corrected chi connectivity index (χ3v) is 6.20. The van der Waals surface area contributed by atoms with E-state index in [-0.39, 0.29) is 0 Å². The van der Waals surface area contributed by atoms with Crippen molar-refractivity contribution >= 4 is 16.3 Å². The van der Waals surface area contributed by atoms with Gasteiger partial charge in [-0.15, -0.1) is 11.3 Å². The summed E-state index contributed by atoms with van der Waals surface area (Å²) < 4.78 is 6.16. The number of benzene rings is 2. The molecule has 28 heavy (non-hydrogen) atoms. The Kier molecular flexibility index (Phi) is 5.61. The van der Waals surface area contributed by atoms with Crippen LogP contribution in [0.25, 0.3) is 11.1 Å². The zero-order valence-corrected chi connectivity index (χ0v) is 16.8. The second-order valence-corrected chi connectivity index (χ2v) is 7.98. The molecule has 0 radical (unpaired) electrons. The number of nitriles is 1. The Morgan fingerprint density at radius 3 is 2.64 bits per heavy atom. The maximum atomic E-state index is 9.53. The maximum absolute atomic E-state index is 9.53. The molecule has 2 aromatic carbocycles. The van der Waals surface area contributed by atoms with Crippen LogP contribution >= 0.6 is 11.3 Å². The molecule has 3 aromatic rings. The number of hydrogen-bond donors (Lipinski definition) is 1. The van der Waals surface area contributed by atoms with Gasteiger partial charge in [0.1, 0.15) is 23.4 Å². The van der Waals surface area contributed by atoms with Crippen LogP contribution in [0.2, 0.25) is 0 Å². The van der Waals surface area contributed by atoms with Crippen LogP contribution in [0.3, 0.4) is 0 Å². The van der Waals surface area contributed by atoms with Crippen molar-refractivity contribution in [1.82, 2.24) is 5.32 Å². The van der Waals surface area contributed by atoms with Crippen LogP contribution in [0, 0.1) is 18.3 Å². The molecule has 0 saturated carbocycles. The summed E-state index contributed by atoms with van der Waals surface area (Å²) in [5, 5.41) is 14.0. The van der Waals surface area contributed by atoms with E-state index in [1.54, 1.807) is 11.3 Å². The van der Waals surface area contributed by atoms with Gasteiger partial charge in [0, 0.05) is 31.1 Å². The predicted octanol–water partition coefficient (Wildman–Crippen LogP) is 4.58. The van der Waals surface area contributed by atoms with Gasteiger partial charge in [0.05, 0.1) is 5.56 Å². The lowest BCUT2D eigenvalue weighted by Gasteiger charge is -2.28. The molecule has 4 rings (SSSR count). The fourth-order valence-corrected chi connectivity index (χ4v) is 4.60. The Balaban J connectivity index is 1.52. The van der Waals surface area contributed by atoms with Gasteiger partial charge in [-0.05, 0) is 35.7 Å². The Morgan fingerprint density at radius 2 is 1.89 bits per heavy atom. The van der Waals surface area contributed by atoms with E-state index in [0.717, 1.165) is 52.9 Å². The number of thiophene rings is 1. The summed E-state index contributed by atoms with van der Waals surface area (Å²) in [6, 6.07) is 20.8. The first kappa shape index (κ1) is 18.5. The molecule has 0 amide bonds. The van der Waals surface area contributed by atoms with Gasteiger partial charge in [-0.2, -0.15) is 5.26 Å². The molecule has 0 aliphatic carbocycles. The van der Waals surface area contributed by atoms with Crippen molar-refractivity contribution in [2.24, 2.45) is 0 Å². The maximum Gasteiger partial charge on any atom is 0.123 e. The van der Waals surface area contributed by atoms with Crippen molar-refractivity contribution in [2.45, 2.75) is 13.5 Å². The molecule has 0 bridgehead atoms. The largest absolute Gasteiger partial charge is 0.488 e. The second kappa shape index (κ2) is 8.47. The number of nitrogens with zero attached hydrogens (tertiary/aromatic N) is 2. The minimum Gasteiger partial charge on any atom is -0.488 e. The normalized spacial score (nSPS) is 13.9. The highest BCUT2D eigenvalue weighted by atomic mass is 32.1. The van der Waals surface area contributed by atoms with E-state index in [9.17, 15) is 5.26 Å². The second-order valence-electron chi connectivity index (χ2n) is 6.86. The van der Waals surface area contributed by atoms with E-state index in [1.165, 1.54) is 11.1 Å². The molecule has 0 atom stereocenters. The molecule has 0 unspecified atom stereocenters. The lowest BCUT2D eigenvalue weighted by molar-refractivity contribution is 0.308. The van der Waals surface area contributed by atoms with Crippen LogP contribution in [-0.4, -0.2) is 26.2 Å². The molecule has 1 saturated heterocycles. The van der Waals surface area contributed by atoms with Crippen LogP contribution in [-0.2, 0) is 6.61 Å². The third kappa shape index (κ3) is 3.89. The molecule has 1 N–H and O–H groups in total. The zero-order valence-electron chi connectivity index (χ0n) is 15.9. The number of hydrogen-bond acceptors (Lipinski definition) is 5. The van der Waals surface area contributed by atoms with Crippen LogP contribution < -0.4 is 15.0 Å². The van der Waals surface area contributed by atoms with Gasteiger partial charge < -0.3 is 15.0 Å². The lowest BCUT2D eigenvalue weighted by atomic mass is 10.00. The SMILES string of the molecule is Cc1c(OCc2cc(C#N)c(N3CCNCC3)s2)cccc1-c1ccccc1. The van der Waals surface area contributed by atoms with Crippen LogP contribution in [0.4, 0.5) is 5.00 Å². The van der Waals surface area contributed by atoms with Gasteiger partial charge in [-0.25, -0.2) is 0 Å². The Hall–Kier alpha value is -2.81. The fraction of sp³-hybridized carbons (Fsp3) is 0.261. The van der Waals surface area contributed by atoms with Crippen molar-refractivity contribution in [3.05, 3.63) is 70.6 Å². The molecule has 5 heteroatoms. The molecular formula is C23H23N3OS. The lowest BCUT2D eigenvalue weighted by Crippen LogP contribution is -2.43. The first-order valence-corrected chi connectivity index (χ1v) is 10.3. The standard InChI is InChI=1S/C23H23N3OS/c1-17-21(18-6-3-2-4-7-18)8-5-9-22(17)27-16-20-14-19(15-24)23(28-20)26-12-10-25-11-13-26/h2-9,14,25H,10-13,16H2,1H3. The monoisotopic (exact) mass is 389 g/mol. The van der Waals surface area contributed by atoms with Crippen molar-refractivity contribution in [2.75, 3.05) is 31.1 Å². The van der Waals surface area contributed by atoms with Crippen molar-refractivity contribution < 1.29 is 4.74 Å². The van der Waals surface area contributed by atoms with Crippen molar-refractivity contribution in [3.63, 3.8) is 0 Å². The van der Waals surface area contributed by atoms with E-state index in [1.807, 2.05) is 24.3 Å². The van der Waals surface area contributed by atoms with Gasteiger partial charge in [-0.1, -0.05) is 42.5 Å². The van der Waals surface area contributed by atoms with Crippen LogP contribution in [0.1, 0.15) is 16.0 Å². The molecular weight excluding hydrogens is 366 g/mol. The number of rotatable bonds is 5. The van der Waals surface area contributed by atoms with E-state index < -0.39 is 0 Å². The van der Waals surface area contributed by atoms with Gasteiger partial charge in [0.15, 0.2) is 0 Å². The Labute approximate surface area is 170 Å². The van der Waals surface area contributed by atoms with E-state index in [4.69, 9.17) is 4.74 Å². The summed E-state index contributed by atoms with van der Waals surface area (Å²) >= 11 is 1.67. The molecule has 1 aliphatic rings. The average Bonchev–Trinajstić information content (AvgIpc) is 3.18. The van der Waals surface area contributed by atoms with E-state index >= 15 is 0 Å². The zero-order chi connectivity index (χ0) is 19.3. The van der Waals surface area contributed by atoms with Crippen LogP contribution in [0.15, 0.2) is 54.6 Å². The quantitative estimate of drug-likeness (QED) is 0.694. The van der Waals surface area contributed by atoms with Gasteiger partial charge in [0.25, 0.3) is 0 Å². The van der Waals surface area contributed by atoms with E-state index in [2.05, 4.69) is 53.5 Å². The summed E-state index contributed by atoms with van der Waals surface area (Å²) in [5.41, 5.74) is 4.26. The molecule has 0 spiro atoms. The van der Waals surface area contributed by atoms with Crippen LogP contribution in [0.5, 0.6) is 5.75 Å². The summed E-state index contributed by atoms with van der Waals surface area (Å²) in [6.07, 6.45) is 0. The first-order valence-electron chi connectivity index (χ1n) is 9.52. The summed E-state index contributed by atoms with van der Waals surface area (Å²) in [5.74, 6) is 0.886. The molecule has 1 aromatic heterocycles. The summed E-state index contributed by atoms with van der Waals surface area (Å²) in [7, 11) is 0. The molecule has 1 fully saturated rings. The van der Waals surface area contributed by atoms with Gasteiger partial charge in [0.2, 0.25) is 0 Å². The topological polar surface area (TPSA) is 48.3 Å². The van der Waals surface area contributed by atoms with Gasteiger partial charge >= 0.3 is 0 Å². The smallest absolute Gasteiger partial charge is 0.123 e. The minimum atomic E-state index is 0.477. The van der Waals surface area contributed by atoms with E-state index in [0.29, 0.717) is 6.61 Å². The highest BCUT2D eigenvalue weighted by molar-refractivity contribution is 7.16. The molecule has 1 aliphatic heterocycles. The number of anilines is 1. The Morgan fingerprint density at radius 1 is 1.11 bits per heavy atom. The highest BCUT2D eigenvalue weighted by Gasteiger charge is 2.18. The molecule has 2 heterocycles. The minimum absolute atomic E-state index is 0.477. The Bertz CT molecular complexity index is 985. The highest BCUT2D eigenvalue weighted by Crippen LogP contribution is 2.34. The predicted molar refractivity (Wildman–Crippen MR) is 115 cm³/mol. The molecule has 142 valence electrons. The number of nitrogens with one attached hydrogen (secondary N) is 1. The molecule has 4 nitrogen and oxygen atoms in total. The number of piperazine rings is 1. The summed E-state index contributed by atoms with van der Waals surface area (Å²) in [4.78, 5) is 3.37.